The van der Waals surface area contributed by atoms with Crippen molar-refractivity contribution < 1.29 is 24.0 Å². The Morgan fingerprint density at radius 3 is 2.44 bits per heavy atom. The van der Waals surface area contributed by atoms with Gasteiger partial charge in [0.1, 0.15) is 12.1 Å². The van der Waals surface area contributed by atoms with Gasteiger partial charge in [0.15, 0.2) is 5.78 Å². The first kappa shape index (κ1) is 18.8. The van der Waals surface area contributed by atoms with Gasteiger partial charge < -0.3 is 5.32 Å². The van der Waals surface area contributed by atoms with Crippen molar-refractivity contribution in [3.8, 4) is 0 Å². The van der Waals surface area contributed by atoms with E-state index in [-0.39, 0.29) is 30.1 Å². The SMILES string of the molecule is CC(=O)C1CCCN2C(=O)CCC(NC(=O)C(=O)c3ccccc3)C(=O)N12. The van der Waals surface area contributed by atoms with Crippen LogP contribution >= 0.6 is 0 Å². The molecular formula is C19H21N3O5. The molecule has 3 rings (SSSR count). The Morgan fingerprint density at radius 2 is 1.78 bits per heavy atom. The monoisotopic (exact) mass is 371 g/mol. The minimum absolute atomic E-state index is 0.0529. The predicted molar refractivity (Wildman–Crippen MR) is 94.2 cm³/mol. The Bertz CT molecular complexity index is 792. The van der Waals surface area contributed by atoms with Gasteiger partial charge in [-0.15, -0.1) is 0 Å². The van der Waals surface area contributed by atoms with E-state index in [9.17, 15) is 24.0 Å². The van der Waals surface area contributed by atoms with E-state index >= 15 is 0 Å². The van der Waals surface area contributed by atoms with Gasteiger partial charge in [0.2, 0.25) is 11.7 Å². The molecule has 8 nitrogen and oxygen atoms in total. The van der Waals surface area contributed by atoms with E-state index in [0.717, 1.165) is 0 Å². The Hall–Kier alpha value is -3.03. The third-order valence-electron chi connectivity index (χ3n) is 4.88. The molecule has 0 radical (unpaired) electrons. The highest BCUT2D eigenvalue weighted by molar-refractivity contribution is 6.43. The highest BCUT2D eigenvalue weighted by Gasteiger charge is 2.43. The number of hydrogen-bond acceptors (Lipinski definition) is 5. The number of carbonyl (C=O) groups is 5. The maximum atomic E-state index is 13.0. The van der Waals surface area contributed by atoms with Crippen molar-refractivity contribution >= 4 is 29.3 Å². The summed E-state index contributed by atoms with van der Waals surface area (Å²) >= 11 is 0. The van der Waals surface area contributed by atoms with Gasteiger partial charge in [-0.2, -0.15) is 0 Å². The van der Waals surface area contributed by atoms with Crippen LogP contribution in [0.1, 0.15) is 43.0 Å². The fraction of sp³-hybridized carbons (Fsp3) is 0.421. The molecule has 2 fully saturated rings. The number of Topliss-reactive ketones (excluding diaryl/α,β-unsaturated/α-hetero) is 2. The van der Waals surface area contributed by atoms with Crippen molar-refractivity contribution in [3.05, 3.63) is 35.9 Å². The third kappa shape index (κ3) is 3.74. The van der Waals surface area contributed by atoms with Gasteiger partial charge in [-0.05, 0) is 26.2 Å². The highest BCUT2D eigenvalue weighted by atomic mass is 16.2. The molecule has 2 heterocycles. The van der Waals surface area contributed by atoms with Crippen LogP contribution in [0.4, 0.5) is 0 Å². The summed E-state index contributed by atoms with van der Waals surface area (Å²) in [4.78, 5) is 61.9. The predicted octanol–water partition coefficient (Wildman–Crippen LogP) is 0.471. The van der Waals surface area contributed by atoms with Crippen LogP contribution in [-0.4, -0.2) is 57.9 Å². The number of ketones is 2. The molecule has 2 saturated heterocycles. The average Bonchev–Trinajstić information content (AvgIpc) is 2.80. The van der Waals surface area contributed by atoms with Crippen molar-refractivity contribution in [3.63, 3.8) is 0 Å². The summed E-state index contributed by atoms with van der Waals surface area (Å²) in [5.74, 6) is -2.67. The first-order valence-corrected chi connectivity index (χ1v) is 8.94. The molecule has 2 atom stereocenters. The summed E-state index contributed by atoms with van der Waals surface area (Å²) in [6, 6.07) is 6.27. The minimum atomic E-state index is -1.03. The molecule has 0 spiro atoms. The summed E-state index contributed by atoms with van der Waals surface area (Å²) in [7, 11) is 0. The average molecular weight is 371 g/mol. The molecule has 0 aliphatic carbocycles. The van der Waals surface area contributed by atoms with Crippen LogP contribution < -0.4 is 5.32 Å². The minimum Gasteiger partial charge on any atom is -0.337 e. The summed E-state index contributed by atoms with van der Waals surface area (Å²) < 4.78 is 0. The summed E-state index contributed by atoms with van der Waals surface area (Å²) in [5.41, 5.74) is 0.216. The van der Waals surface area contributed by atoms with Crippen molar-refractivity contribution in [2.24, 2.45) is 0 Å². The summed E-state index contributed by atoms with van der Waals surface area (Å²) in [5, 5.41) is 4.94. The lowest BCUT2D eigenvalue weighted by atomic mass is 10.0. The molecule has 2 aliphatic heterocycles. The van der Waals surface area contributed by atoms with Crippen LogP contribution in [0.25, 0.3) is 0 Å². The fourth-order valence-electron chi connectivity index (χ4n) is 3.48. The zero-order chi connectivity index (χ0) is 19.6. The zero-order valence-corrected chi connectivity index (χ0v) is 15.0. The van der Waals surface area contributed by atoms with Gasteiger partial charge in [-0.25, -0.2) is 5.01 Å². The van der Waals surface area contributed by atoms with E-state index in [1.54, 1.807) is 18.2 Å². The first-order valence-electron chi connectivity index (χ1n) is 8.94. The lowest BCUT2D eigenvalue weighted by Gasteiger charge is -2.42. The van der Waals surface area contributed by atoms with Crippen LogP contribution in [0.2, 0.25) is 0 Å². The number of carbonyl (C=O) groups excluding carboxylic acids is 5. The fourth-order valence-corrected chi connectivity index (χ4v) is 3.48. The Kier molecular flexibility index (Phi) is 5.34. The quantitative estimate of drug-likeness (QED) is 0.612. The van der Waals surface area contributed by atoms with E-state index in [1.165, 1.54) is 29.1 Å². The molecule has 2 unspecified atom stereocenters. The van der Waals surface area contributed by atoms with Gasteiger partial charge in [0.05, 0.1) is 0 Å². The Morgan fingerprint density at radius 1 is 1.07 bits per heavy atom. The molecule has 1 aromatic rings. The zero-order valence-electron chi connectivity index (χ0n) is 15.0. The third-order valence-corrected chi connectivity index (χ3v) is 4.88. The number of rotatable bonds is 4. The number of nitrogens with one attached hydrogen (secondary N) is 1. The van der Waals surface area contributed by atoms with Crippen LogP contribution in [0.15, 0.2) is 30.3 Å². The Labute approximate surface area is 156 Å². The van der Waals surface area contributed by atoms with Gasteiger partial charge in [-0.1, -0.05) is 30.3 Å². The maximum Gasteiger partial charge on any atom is 0.293 e. The van der Waals surface area contributed by atoms with Crippen LogP contribution in [0, 0.1) is 0 Å². The standard InChI is InChI=1S/C19H21N3O5/c1-12(23)15-8-5-11-21-16(24)10-9-14(19(27)22(15)21)20-18(26)17(25)13-6-3-2-4-7-13/h2-4,6-7,14-15H,5,8-11H2,1H3,(H,20,26). The molecular weight excluding hydrogens is 350 g/mol. The molecule has 27 heavy (non-hydrogen) atoms. The van der Waals surface area contributed by atoms with E-state index in [1.807, 2.05) is 0 Å². The largest absolute Gasteiger partial charge is 0.337 e. The van der Waals surface area contributed by atoms with Crippen molar-refractivity contribution in [2.45, 2.75) is 44.7 Å². The first-order chi connectivity index (χ1) is 12.9. The van der Waals surface area contributed by atoms with Crippen molar-refractivity contribution in [1.82, 2.24) is 15.3 Å². The number of hydrogen-bond donors (Lipinski definition) is 1. The molecule has 1 aromatic carbocycles. The molecule has 1 N–H and O–H groups in total. The molecule has 3 amide bonds. The van der Waals surface area contributed by atoms with Crippen LogP contribution in [-0.2, 0) is 19.2 Å². The summed E-state index contributed by atoms with van der Waals surface area (Å²) in [6.45, 7) is 1.74. The summed E-state index contributed by atoms with van der Waals surface area (Å²) in [6.07, 6.45) is 1.23. The smallest absolute Gasteiger partial charge is 0.293 e. The van der Waals surface area contributed by atoms with Crippen molar-refractivity contribution in [1.29, 1.82) is 0 Å². The Balaban J connectivity index is 1.80. The van der Waals surface area contributed by atoms with Gasteiger partial charge in [0, 0.05) is 18.5 Å². The molecule has 142 valence electrons. The normalized spacial score (nSPS) is 22.7. The van der Waals surface area contributed by atoms with Gasteiger partial charge in [-0.3, -0.25) is 29.0 Å². The van der Waals surface area contributed by atoms with E-state index in [4.69, 9.17) is 0 Å². The molecule has 0 saturated carbocycles. The van der Waals surface area contributed by atoms with Gasteiger partial charge in [0.25, 0.3) is 11.8 Å². The number of nitrogens with zero attached hydrogens (tertiary/aromatic N) is 2. The number of hydrazine groups is 1. The highest BCUT2D eigenvalue weighted by Crippen LogP contribution is 2.25. The molecule has 0 aromatic heterocycles. The second-order valence-corrected chi connectivity index (χ2v) is 6.73. The van der Waals surface area contributed by atoms with Gasteiger partial charge >= 0.3 is 0 Å². The van der Waals surface area contributed by atoms with E-state index in [2.05, 4.69) is 5.32 Å². The van der Waals surface area contributed by atoms with E-state index < -0.39 is 29.7 Å². The van der Waals surface area contributed by atoms with Crippen LogP contribution in [0.5, 0.6) is 0 Å². The van der Waals surface area contributed by atoms with Crippen LogP contribution in [0.3, 0.4) is 0 Å². The lowest BCUT2D eigenvalue weighted by molar-refractivity contribution is -0.175. The van der Waals surface area contributed by atoms with E-state index in [0.29, 0.717) is 19.4 Å². The second kappa shape index (κ2) is 7.69. The number of benzene rings is 1. The molecule has 8 heteroatoms. The second-order valence-electron chi connectivity index (χ2n) is 6.73. The van der Waals surface area contributed by atoms with Crippen molar-refractivity contribution in [2.75, 3.05) is 6.54 Å². The maximum absolute atomic E-state index is 13.0. The topological polar surface area (TPSA) is 104 Å². The molecule has 2 aliphatic rings. The molecule has 0 bridgehead atoms. The number of amides is 3. The lowest BCUT2D eigenvalue weighted by Crippen LogP contribution is -2.62. The number of fused-ring (bicyclic) bond motifs is 1.